The maximum atomic E-state index is 6.07. The predicted octanol–water partition coefficient (Wildman–Crippen LogP) is 4.97. The SMILES string of the molecule is CCCCCCCNCCNc1ccc(Cl)cc1Cl. The van der Waals surface area contributed by atoms with Gasteiger partial charge in [0.2, 0.25) is 0 Å². The van der Waals surface area contributed by atoms with Crippen LogP contribution in [0, 0.1) is 0 Å². The van der Waals surface area contributed by atoms with E-state index in [1.54, 1.807) is 6.07 Å². The lowest BCUT2D eigenvalue weighted by molar-refractivity contribution is 0.589. The Labute approximate surface area is 126 Å². The molecule has 0 heterocycles. The molecule has 0 radical (unpaired) electrons. The van der Waals surface area contributed by atoms with Crippen molar-refractivity contribution in [1.29, 1.82) is 0 Å². The van der Waals surface area contributed by atoms with Crippen molar-refractivity contribution in [3.05, 3.63) is 28.2 Å². The molecule has 0 aromatic heterocycles. The van der Waals surface area contributed by atoms with Crippen LogP contribution >= 0.6 is 23.2 Å². The van der Waals surface area contributed by atoms with E-state index >= 15 is 0 Å². The first-order valence-electron chi connectivity index (χ1n) is 7.13. The van der Waals surface area contributed by atoms with Gasteiger partial charge in [-0.1, -0.05) is 55.8 Å². The quantitative estimate of drug-likeness (QED) is 0.597. The molecule has 2 N–H and O–H groups in total. The third kappa shape index (κ3) is 7.66. The molecule has 19 heavy (non-hydrogen) atoms. The van der Waals surface area contributed by atoms with E-state index < -0.39 is 0 Å². The van der Waals surface area contributed by atoms with Crippen LogP contribution in [-0.4, -0.2) is 19.6 Å². The van der Waals surface area contributed by atoms with Gasteiger partial charge in [-0.3, -0.25) is 0 Å². The van der Waals surface area contributed by atoms with Gasteiger partial charge in [-0.05, 0) is 31.2 Å². The minimum Gasteiger partial charge on any atom is -0.383 e. The molecule has 4 heteroatoms. The summed E-state index contributed by atoms with van der Waals surface area (Å²) in [6, 6.07) is 5.51. The van der Waals surface area contributed by atoms with Crippen molar-refractivity contribution in [1.82, 2.24) is 5.32 Å². The molecule has 0 aliphatic rings. The van der Waals surface area contributed by atoms with E-state index in [1.807, 2.05) is 12.1 Å². The van der Waals surface area contributed by atoms with Crippen LogP contribution in [0.2, 0.25) is 10.0 Å². The number of benzene rings is 1. The lowest BCUT2D eigenvalue weighted by atomic mass is 10.1. The van der Waals surface area contributed by atoms with E-state index in [-0.39, 0.29) is 0 Å². The van der Waals surface area contributed by atoms with Crippen LogP contribution in [0.4, 0.5) is 5.69 Å². The first kappa shape index (κ1) is 16.6. The van der Waals surface area contributed by atoms with Gasteiger partial charge >= 0.3 is 0 Å². The molecule has 0 atom stereocenters. The van der Waals surface area contributed by atoms with Crippen LogP contribution in [0.3, 0.4) is 0 Å². The number of nitrogens with one attached hydrogen (secondary N) is 2. The summed E-state index contributed by atoms with van der Waals surface area (Å²) in [5, 5.41) is 8.07. The van der Waals surface area contributed by atoms with Crippen LogP contribution < -0.4 is 10.6 Å². The molecular formula is C15H24Cl2N2. The van der Waals surface area contributed by atoms with Gasteiger partial charge in [-0.25, -0.2) is 0 Å². The fourth-order valence-electron chi connectivity index (χ4n) is 1.90. The van der Waals surface area contributed by atoms with Gasteiger partial charge in [0.15, 0.2) is 0 Å². The molecule has 0 unspecified atom stereocenters. The second kappa shape index (κ2) is 10.4. The molecule has 0 saturated carbocycles. The van der Waals surface area contributed by atoms with Crippen LogP contribution in [-0.2, 0) is 0 Å². The monoisotopic (exact) mass is 302 g/mol. The van der Waals surface area contributed by atoms with Crippen LogP contribution in [0.25, 0.3) is 0 Å². The van der Waals surface area contributed by atoms with Gasteiger partial charge in [0.25, 0.3) is 0 Å². The summed E-state index contributed by atoms with van der Waals surface area (Å²) >= 11 is 11.9. The lowest BCUT2D eigenvalue weighted by Gasteiger charge is -2.09. The average molecular weight is 303 g/mol. The standard InChI is InChI=1S/C15H24Cl2N2/c1-2-3-4-5-6-9-18-10-11-19-15-8-7-13(16)12-14(15)17/h7-8,12,18-19H,2-6,9-11H2,1H3. The Morgan fingerprint density at radius 3 is 2.47 bits per heavy atom. The summed E-state index contributed by atoms with van der Waals surface area (Å²) in [4.78, 5) is 0. The van der Waals surface area contributed by atoms with E-state index in [2.05, 4.69) is 17.6 Å². The number of rotatable bonds is 10. The highest BCUT2D eigenvalue weighted by atomic mass is 35.5. The zero-order valence-corrected chi connectivity index (χ0v) is 13.2. The van der Waals surface area contributed by atoms with E-state index in [4.69, 9.17) is 23.2 Å². The van der Waals surface area contributed by atoms with Gasteiger partial charge in [0.05, 0.1) is 10.7 Å². The summed E-state index contributed by atoms with van der Waals surface area (Å²) in [7, 11) is 0. The Kier molecular flexibility index (Phi) is 9.06. The Morgan fingerprint density at radius 1 is 0.947 bits per heavy atom. The summed E-state index contributed by atoms with van der Waals surface area (Å²) < 4.78 is 0. The van der Waals surface area contributed by atoms with Crippen molar-refractivity contribution in [3.8, 4) is 0 Å². The largest absolute Gasteiger partial charge is 0.383 e. The molecule has 0 bridgehead atoms. The fraction of sp³-hybridized carbons (Fsp3) is 0.600. The predicted molar refractivity (Wildman–Crippen MR) is 86.6 cm³/mol. The number of unbranched alkanes of at least 4 members (excludes halogenated alkanes) is 4. The third-order valence-corrected chi connectivity index (χ3v) is 3.55. The smallest absolute Gasteiger partial charge is 0.0652 e. The summed E-state index contributed by atoms with van der Waals surface area (Å²) in [6.07, 6.45) is 6.62. The van der Waals surface area contributed by atoms with Crippen molar-refractivity contribution in [2.45, 2.75) is 39.0 Å². The highest BCUT2D eigenvalue weighted by Crippen LogP contribution is 2.24. The highest BCUT2D eigenvalue weighted by Gasteiger charge is 1.99. The van der Waals surface area contributed by atoms with Gasteiger partial charge in [0, 0.05) is 18.1 Å². The van der Waals surface area contributed by atoms with Crippen molar-refractivity contribution >= 4 is 28.9 Å². The third-order valence-electron chi connectivity index (χ3n) is 3.01. The minimum absolute atomic E-state index is 0.667. The molecule has 1 aromatic rings. The Hall–Kier alpha value is -0.440. The van der Waals surface area contributed by atoms with Gasteiger partial charge in [-0.2, -0.15) is 0 Å². The summed E-state index contributed by atoms with van der Waals surface area (Å²) in [6.45, 7) is 5.16. The number of anilines is 1. The maximum Gasteiger partial charge on any atom is 0.0652 e. The first-order chi connectivity index (χ1) is 9.24. The van der Waals surface area contributed by atoms with Crippen molar-refractivity contribution in [2.75, 3.05) is 25.0 Å². The molecule has 2 nitrogen and oxygen atoms in total. The van der Waals surface area contributed by atoms with Gasteiger partial charge in [-0.15, -0.1) is 0 Å². The molecule has 0 fully saturated rings. The molecule has 0 saturated heterocycles. The summed E-state index contributed by atoms with van der Waals surface area (Å²) in [5.74, 6) is 0. The van der Waals surface area contributed by atoms with Crippen LogP contribution in [0.1, 0.15) is 39.0 Å². The van der Waals surface area contributed by atoms with E-state index in [0.29, 0.717) is 10.0 Å². The van der Waals surface area contributed by atoms with E-state index in [1.165, 1.54) is 32.1 Å². The number of hydrogen-bond donors (Lipinski definition) is 2. The molecular weight excluding hydrogens is 279 g/mol. The molecule has 0 spiro atoms. The van der Waals surface area contributed by atoms with E-state index in [9.17, 15) is 0 Å². The molecule has 0 aliphatic carbocycles. The molecule has 1 rings (SSSR count). The maximum absolute atomic E-state index is 6.07. The first-order valence-corrected chi connectivity index (χ1v) is 7.89. The molecule has 1 aromatic carbocycles. The highest BCUT2D eigenvalue weighted by molar-refractivity contribution is 6.36. The van der Waals surface area contributed by atoms with Gasteiger partial charge < -0.3 is 10.6 Å². The van der Waals surface area contributed by atoms with Crippen molar-refractivity contribution < 1.29 is 0 Å². The minimum atomic E-state index is 0.667. The van der Waals surface area contributed by atoms with Crippen LogP contribution in [0.15, 0.2) is 18.2 Å². The Morgan fingerprint density at radius 2 is 1.74 bits per heavy atom. The lowest BCUT2D eigenvalue weighted by Crippen LogP contribution is -2.23. The van der Waals surface area contributed by atoms with Crippen molar-refractivity contribution in [2.24, 2.45) is 0 Å². The average Bonchev–Trinajstić information content (AvgIpc) is 2.39. The zero-order valence-electron chi connectivity index (χ0n) is 11.6. The Bertz CT molecular complexity index is 356. The zero-order chi connectivity index (χ0) is 13.9. The fourth-order valence-corrected chi connectivity index (χ4v) is 2.37. The second-order valence-electron chi connectivity index (χ2n) is 4.72. The van der Waals surface area contributed by atoms with Crippen LogP contribution in [0.5, 0.6) is 0 Å². The normalized spacial score (nSPS) is 10.7. The Balaban J connectivity index is 2.01. The number of hydrogen-bond acceptors (Lipinski definition) is 2. The molecule has 108 valence electrons. The van der Waals surface area contributed by atoms with Gasteiger partial charge in [0.1, 0.15) is 0 Å². The summed E-state index contributed by atoms with van der Waals surface area (Å²) in [5.41, 5.74) is 0.941. The van der Waals surface area contributed by atoms with E-state index in [0.717, 1.165) is 25.3 Å². The molecule has 0 aliphatic heterocycles. The topological polar surface area (TPSA) is 24.1 Å². The molecule has 0 amide bonds. The second-order valence-corrected chi connectivity index (χ2v) is 5.56. The van der Waals surface area contributed by atoms with Crippen molar-refractivity contribution in [3.63, 3.8) is 0 Å². The number of halogens is 2.